The van der Waals surface area contributed by atoms with E-state index in [0.29, 0.717) is 0 Å². The van der Waals surface area contributed by atoms with Crippen molar-refractivity contribution in [3.05, 3.63) is 35.3 Å². The number of anilines is 1. The smallest absolute Gasteiger partial charge is 0.327 e. The highest BCUT2D eigenvalue weighted by Crippen LogP contribution is 2.55. The molecule has 0 aromatic carbocycles. The number of nitriles is 1. The average molecular weight is 761 g/mol. The Morgan fingerprint density at radius 1 is 1.36 bits per heavy atom. The minimum Gasteiger partial charge on any atom is -0.474 e. The van der Waals surface area contributed by atoms with Crippen LogP contribution in [-0.4, -0.2) is 95.8 Å². The highest BCUT2D eigenvalue weighted by Gasteiger charge is 2.50. The second kappa shape index (κ2) is 16.8. The molecule has 0 spiro atoms. The Balaban J connectivity index is 1.40. The lowest BCUT2D eigenvalue weighted by molar-refractivity contribution is -0.118. The van der Waals surface area contributed by atoms with Gasteiger partial charge in [0, 0.05) is 30.5 Å². The SMILES string of the molecule is CC(C)C(=O)Nc1nc2c(ncn2[C@@H]2O[C@H](CO)[C@@H](F)[C@H]2O[P@](=S)(OCCC#N)OC[C@H]2C[C@@H](Oc3ccncn3)C[C@@H]2O[PH](=O)O)c(=O)[nH]1. The molecule has 1 aliphatic heterocycles. The molecule has 23 heteroatoms. The van der Waals surface area contributed by atoms with Gasteiger partial charge in [0.1, 0.15) is 24.6 Å². The summed E-state index contributed by atoms with van der Waals surface area (Å²) in [6.07, 6.45) is -3.43. The van der Waals surface area contributed by atoms with Gasteiger partial charge in [0.2, 0.25) is 17.7 Å². The molecule has 0 radical (unpaired) electrons. The fourth-order valence-electron chi connectivity index (χ4n) is 5.35. The zero-order valence-electron chi connectivity index (χ0n) is 26.7. The van der Waals surface area contributed by atoms with Gasteiger partial charge in [-0.3, -0.25) is 33.5 Å². The summed E-state index contributed by atoms with van der Waals surface area (Å²) in [5.41, 5.74) is -0.961. The van der Waals surface area contributed by atoms with Crippen LogP contribution in [0.2, 0.25) is 0 Å². The number of fused-ring (bicyclic) bond motifs is 1. The maximum Gasteiger partial charge on any atom is 0.327 e. The third kappa shape index (κ3) is 9.14. The normalized spacial score (nSPS) is 26.9. The summed E-state index contributed by atoms with van der Waals surface area (Å²) >= 11 is 5.68. The number of ether oxygens (including phenoxy) is 2. The highest BCUT2D eigenvalue weighted by atomic mass is 32.5. The minimum absolute atomic E-state index is 0.100. The summed E-state index contributed by atoms with van der Waals surface area (Å²) in [6.45, 7) is -1.93. The average Bonchev–Trinajstić information content (AvgIpc) is 3.75. The predicted octanol–water partition coefficient (Wildman–Crippen LogP) is 1.91. The van der Waals surface area contributed by atoms with E-state index in [4.69, 9.17) is 44.6 Å². The molecule has 1 saturated heterocycles. The summed E-state index contributed by atoms with van der Waals surface area (Å²) in [6, 6.07) is 3.46. The van der Waals surface area contributed by atoms with Crippen LogP contribution in [0, 0.1) is 23.2 Å². The van der Waals surface area contributed by atoms with E-state index in [-0.39, 0.29) is 55.5 Å². The predicted molar refractivity (Wildman–Crippen MR) is 174 cm³/mol. The number of H-pyrrole nitrogens is 1. The van der Waals surface area contributed by atoms with E-state index in [1.165, 1.54) is 17.1 Å². The first kappa shape index (κ1) is 38.0. The number of hydrogen-bond acceptors (Lipinski definition) is 16. The number of aliphatic hydroxyl groups excluding tert-OH is 1. The van der Waals surface area contributed by atoms with E-state index in [2.05, 4.69) is 30.2 Å². The molecule has 4 heterocycles. The number of aromatic nitrogens is 6. The fraction of sp³-hybridized carbons (Fsp3) is 0.593. The maximum atomic E-state index is 16.0. The fourth-order valence-corrected chi connectivity index (χ4v) is 8.01. The van der Waals surface area contributed by atoms with Crippen LogP contribution in [0.4, 0.5) is 10.3 Å². The van der Waals surface area contributed by atoms with Crippen LogP contribution in [-0.2, 0) is 44.0 Å². The lowest BCUT2D eigenvalue weighted by atomic mass is 10.1. The van der Waals surface area contributed by atoms with Gasteiger partial charge in [-0.2, -0.15) is 10.2 Å². The Bertz CT molecular complexity index is 1820. The van der Waals surface area contributed by atoms with E-state index < -0.39 is 81.7 Å². The molecule has 1 saturated carbocycles. The van der Waals surface area contributed by atoms with E-state index in [1.807, 2.05) is 6.07 Å². The number of imidazole rings is 1. The molecule has 272 valence electrons. The van der Waals surface area contributed by atoms with Crippen LogP contribution >= 0.6 is 15.0 Å². The van der Waals surface area contributed by atoms with Gasteiger partial charge in [-0.25, -0.2) is 19.3 Å². The third-order valence-electron chi connectivity index (χ3n) is 7.76. The lowest BCUT2D eigenvalue weighted by Gasteiger charge is -2.29. The van der Waals surface area contributed by atoms with Gasteiger partial charge >= 0.3 is 15.0 Å². The monoisotopic (exact) mass is 760 g/mol. The number of aromatic amines is 1. The number of amides is 1. The number of alkyl halides is 1. The quantitative estimate of drug-likeness (QED) is 0.120. The first-order valence-corrected chi connectivity index (χ1v) is 19.2. The van der Waals surface area contributed by atoms with Crippen molar-refractivity contribution in [3.63, 3.8) is 0 Å². The van der Waals surface area contributed by atoms with Crippen molar-refractivity contribution in [2.24, 2.45) is 11.8 Å². The first-order valence-electron chi connectivity index (χ1n) is 15.4. The number of rotatable bonds is 16. The molecule has 9 atom stereocenters. The molecule has 19 nitrogen and oxygen atoms in total. The molecule has 3 aromatic heterocycles. The van der Waals surface area contributed by atoms with Crippen molar-refractivity contribution in [2.45, 2.75) is 69.9 Å². The molecule has 50 heavy (non-hydrogen) atoms. The van der Waals surface area contributed by atoms with Gasteiger partial charge in [0.05, 0.1) is 44.7 Å². The first-order chi connectivity index (χ1) is 23.9. The van der Waals surface area contributed by atoms with Crippen molar-refractivity contribution in [1.29, 1.82) is 5.26 Å². The van der Waals surface area contributed by atoms with Crippen molar-refractivity contribution >= 4 is 49.8 Å². The van der Waals surface area contributed by atoms with Crippen molar-refractivity contribution in [3.8, 4) is 11.9 Å². The number of halogens is 1. The van der Waals surface area contributed by atoms with Gasteiger partial charge in [-0.1, -0.05) is 13.8 Å². The molecule has 1 amide bonds. The molecule has 2 fully saturated rings. The number of carbonyl (C=O) groups is 1. The molecule has 4 N–H and O–H groups in total. The second-order valence-corrected chi connectivity index (χ2v) is 15.3. The van der Waals surface area contributed by atoms with Gasteiger partial charge in [-0.05, 0) is 18.2 Å². The molecule has 5 rings (SSSR count). The van der Waals surface area contributed by atoms with E-state index in [0.717, 1.165) is 6.33 Å². The molecule has 1 unspecified atom stereocenters. The van der Waals surface area contributed by atoms with Gasteiger partial charge in [0.15, 0.2) is 23.6 Å². The Morgan fingerprint density at radius 2 is 2.16 bits per heavy atom. The standard InChI is InChI=1S/C27H35FN8O11P2S/c1-14(2)24(38)34-27-33-23-21(25(39)35-27)32-13-36(23)26-22(20(28)18(10-37)45-26)47-49(50,42-7-3-5-29)43-11-15-8-16(9-17(15)46-48(40)41)44-19-4-6-30-12-31-19/h4,6,12-18,20,22,26,37,48H,3,7-11H2,1-2H3,(H,40,41)(H2,33,34,35,38,39)/t15-,16-,17+,18-,20-,22-,26-,49+/m1/s1. The lowest BCUT2D eigenvalue weighted by Crippen LogP contribution is -2.32. The van der Waals surface area contributed by atoms with Crippen molar-refractivity contribution in [2.75, 3.05) is 25.1 Å². The van der Waals surface area contributed by atoms with Gasteiger partial charge in [0.25, 0.3) is 5.56 Å². The summed E-state index contributed by atoms with van der Waals surface area (Å²) in [4.78, 5) is 53.3. The molecule has 2 aliphatic rings. The number of aliphatic hydroxyl groups is 1. The van der Waals surface area contributed by atoms with E-state index >= 15 is 4.39 Å². The third-order valence-corrected chi connectivity index (χ3v) is 10.6. The molecule has 0 bridgehead atoms. The number of nitrogens with one attached hydrogen (secondary N) is 2. The maximum absolute atomic E-state index is 16.0. The number of nitrogens with zero attached hydrogens (tertiary/aromatic N) is 6. The number of hydrogen-bond donors (Lipinski definition) is 4. The van der Waals surface area contributed by atoms with Gasteiger partial charge < -0.3 is 33.0 Å². The van der Waals surface area contributed by atoms with Crippen LogP contribution < -0.4 is 15.6 Å². The van der Waals surface area contributed by atoms with Crippen LogP contribution in [0.1, 0.15) is 39.3 Å². The van der Waals surface area contributed by atoms with E-state index in [9.17, 15) is 24.2 Å². The zero-order chi connectivity index (χ0) is 36.0. The zero-order valence-corrected chi connectivity index (χ0v) is 29.4. The van der Waals surface area contributed by atoms with Gasteiger partial charge in [-0.15, -0.1) is 0 Å². The Kier molecular flexibility index (Phi) is 12.8. The Labute approximate surface area is 289 Å². The topological polar surface area (TPSA) is 255 Å². The van der Waals surface area contributed by atoms with Crippen LogP contribution in [0.15, 0.2) is 29.7 Å². The Morgan fingerprint density at radius 3 is 2.84 bits per heavy atom. The van der Waals surface area contributed by atoms with Crippen LogP contribution in [0.3, 0.4) is 0 Å². The van der Waals surface area contributed by atoms with Crippen molar-refractivity contribution < 1.29 is 51.3 Å². The second-order valence-electron chi connectivity index (χ2n) is 11.6. The minimum atomic E-state index is -3.97. The van der Waals surface area contributed by atoms with E-state index in [1.54, 1.807) is 19.9 Å². The Hall–Kier alpha value is -3.28. The van der Waals surface area contributed by atoms with Crippen LogP contribution in [0.25, 0.3) is 11.2 Å². The molecular weight excluding hydrogens is 725 g/mol. The summed E-state index contributed by atoms with van der Waals surface area (Å²) < 4.78 is 63.6. The highest BCUT2D eigenvalue weighted by molar-refractivity contribution is 8.07. The largest absolute Gasteiger partial charge is 0.474 e. The summed E-state index contributed by atoms with van der Waals surface area (Å²) in [5.74, 6) is -1.34. The summed E-state index contributed by atoms with van der Waals surface area (Å²) in [5, 5.41) is 21.5. The number of carbonyl (C=O) groups excluding carboxylic acids is 1. The summed E-state index contributed by atoms with van der Waals surface area (Å²) in [7, 11) is -3.37. The van der Waals surface area contributed by atoms with Crippen LogP contribution in [0.5, 0.6) is 5.88 Å². The van der Waals surface area contributed by atoms with Crippen molar-refractivity contribution in [1.82, 2.24) is 29.5 Å². The molecule has 3 aromatic rings. The molecule has 1 aliphatic carbocycles. The molecular formula is C27H35FN8O11P2S.